The molecule has 0 aliphatic carbocycles. The molecule has 6 nitrogen and oxygen atoms in total. The van der Waals surface area contributed by atoms with E-state index in [-0.39, 0.29) is 11.0 Å². The van der Waals surface area contributed by atoms with Gasteiger partial charge in [-0.1, -0.05) is 12.1 Å². The molecule has 1 amide bonds. The van der Waals surface area contributed by atoms with Crippen LogP contribution in [0.25, 0.3) is 20.8 Å². The molecule has 0 atom stereocenters. The normalized spacial score (nSPS) is 10.5. The number of carbonyl (C=O) groups excluding carboxylic acids is 1. The van der Waals surface area contributed by atoms with E-state index in [1.54, 1.807) is 49.8 Å². The first-order valence-electron chi connectivity index (χ1n) is 9.38. The van der Waals surface area contributed by atoms with Crippen LogP contribution in [0.4, 0.5) is 5.69 Å². The van der Waals surface area contributed by atoms with Crippen molar-refractivity contribution in [1.82, 2.24) is 10.3 Å². The zero-order chi connectivity index (χ0) is 21.8. The summed E-state index contributed by atoms with van der Waals surface area (Å²) >= 11 is 6.95. The number of amides is 1. The summed E-state index contributed by atoms with van der Waals surface area (Å²) in [5.74, 6) is 0.959. The molecule has 0 aliphatic rings. The number of hydrogen-bond acceptors (Lipinski definition) is 6. The van der Waals surface area contributed by atoms with Crippen LogP contribution in [0.3, 0.4) is 0 Å². The van der Waals surface area contributed by atoms with E-state index in [2.05, 4.69) is 10.6 Å². The van der Waals surface area contributed by atoms with Gasteiger partial charge >= 0.3 is 0 Å². The minimum atomic E-state index is -0.318. The third-order valence-electron chi connectivity index (χ3n) is 4.57. The van der Waals surface area contributed by atoms with Crippen molar-refractivity contribution in [3.05, 3.63) is 72.3 Å². The van der Waals surface area contributed by atoms with Crippen LogP contribution in [0.5, 0.6) is 11.5 Å². The number of nitrogens with zero attached hydrogens (tertiary/aromatic N) is 1. The maximum absolute atomic E-state index is 12.5. The zero-order valence-corrected chi connectivity index (χ0v) is 18.5. The van der Waals surface area contributed by atoms with Gasteiger partial charge in [-0.15, -0.1) is 11.3 Å². The second-order valence-corrected chi connectivity index (χ2v) is 7.98. The summed E-state index contributed by atoms with van der Waals surface area (Å²) in [4.78, 5) is 17.2. The maximum atomic E-state index is 12.5. The van der Waals surface area contributed by atoms with Crippen molar-refractivity contribution in [3.8, 4) is 22.1 Å². The van der Waals surface area contributed by atoms with E-state index in [1.165, 1.54) is 0 Å². The molecule has 2 N–H and O–H groups in total. The molecule has 1 heterocycles. The molecule has 156 valence electrons. The quantitative estimate of drug-likeness (QED) is 0.413. The molecule has 0 radical (unpaired) electrons. The fraction of sp³-hybridized carbons (Fsp3) is 0.0870. The lowest BCUT2D eigenvalue weighted by Gasteiger charge is -2.14. The molecular weight excluding hydrogens is 430 g/mol. The highest BCUT2D eigenvalue weighted by molar-refractivity contribution is 7.80. The number of thiazole rings is 1. The van der Waals surface area contributed by atoms with Crippen LogP contribution in [-0.4, -0.2) is 30.2 Å². The van der Waals surface area contributed by atoms with Gasteiger partial charge in [-0.2, -0.15) is 0 Å². The average Bonchev–Trinajstić information content (AvgIpc) is 3.23. The third-order valence-corrected chi connectivity index (χ3v) is 5.86. The van der Waals surface area contributed by atoms with Gasteiger partial charge in [-0.05, 0) is 66.8 Å². The molecule has 0 saturated heterocycles. The number of hydrogen-bond donors (Lipinski definition) is 2. The third kappa shape index (κ3) is 4.65. The predicted molar refractivity (Wildman–Crippen MR) is 128 cm³/mol. The van der Waals surface area contributed by atoms with E-state index < -0.39 is 0 Å². The molecule has 0 saturated carbocycles. The van der Waals surface area contributed by atoms with Crippen LogP contribution in [-0.2, 0) is 0 Å². The van der Waals surface area contributed by atoms with Gasteiger partial charge in [0, 0.05) is 11.1 Å². The fourth-order valence-electron chi connectivity index (χ4n) is 3.01. The number of rotatable bonds is 5. The highest BCUT2D eigenvalue weighted by Gasteiger charge is 2.13. The van der Waals surface area contributed by atoms with Gasteiger partial charge in [0.1, 0.15) is 16.5 Å². The molecule has 0 fully saturated rings. The largest absolute Gasteiger partial charge is 0.497 e. The van der Waals surface area contributed by atoms with E-state index in [0.717, 1.165) is 20.8 Å². The number of nitrogens with one attached hydrogen (secondary N) is 2. The molecule has 1 aromatic heterocycles. The van der Waals surface area contributed by atoms with Crippen LogP contribution in [0.1, 0.15) is 10.4 Å². The summed E-state index contributed by atoms with van der Waals surface area (Å²) in [7, 11) is 3.15. The number of fused-ring (bicyclic) bond motifs is 1. The van der Waals surface area contributed by atoms with Gasteiger partial charge in [0.2, 0.25) is 0 Å². The Balaban J connectivity index is 1.53. The number of carbonyl (C=O) groups is 1. The smallest absolute Gasteiger partial charge is 0.257 e. The monoisotopic (exact) mass is 449 g/mol. The van der Waals surface area contributed by atoms with Crippen molar-refractivity contribution in [2.45, 2.75) is 0 Å². The van der Waals surface area contributed by atoms with Crippen molar-refractivity contribution >= 4 is 50.5 Å². The Kier molecular flexibility index (Phi) is 6.11. The van der Waals surface area contributed by atoms with E-state index >= 15 is 0 Å². The van der Waals surface area contributed by atoms with E-state index in [0.29, 0.717) is 22.7 Å². The van der Waals surface area contributed by atoms with Crippen LogP contribution < -0.4 is 20.1 Å². The number of methoxy groups -OCH3 is 2. The Bertz CT molecular complexity index is 1220. The van der Waals surface area contributed by atoms with Crippen LogP contribution >= 0.6 is 23.6 Å². The first kappa shape index (κ1) is 20.8. The fourth-order valence-corrected chi connectivity index (χ4v) is 4.17. The number of aromatic nitrogens is 1. The second-order valence-electron chi connectivity index (χ2n) is 6.54. The highest BCUT2D eigenvalue weighted by Crippen LogP contribution is 2.34. The van der Waals surface area contributed by atoms with Crippen molar-refractivity contribution in [1.29, 1.82) is 0 Å². The van der Waals surface area contributed by atoms with E-state index in [4.69, 9.17) is 26.7 Å². The number of benzene rings is 3. The topological polar surface area (TPSA) is 72.5 Å². The highest BCUT2D eigenvalue weighted by atomic mass is 32.1. The van der Waals surface area contributed by atoms with Gasteiger partial charge in [-0.25, -0.2) is 4.98 Å². The predicted octanol–water partition coefficient (Wildman–Crippen LogP) is 5.11. The molecule has 0 spiro atoms. The minimum Gasteiger partial charge on any atom is -0.497 e. The summed E-state index contributed by atoms with van der Waals surface area (Å²) < 4.78 is 11.7. The van der Waals surface area contributed by atoms with Gasteiger partial charge in [0.25, 0.3) is 5.91 Å². The molecular formula is C23H19N3O3S2. The molecule has 0 aliphatic heterocycles. The SMILES string of the molecule is COc1ccc(C(=O)NC(=S)Nc2cc(-c3nc4ccccc4s3)ccc2OC)cc1. The van der Waals surface area contributed by atoms with Crippen molar-refractivity contribution in [2.24, 2.45) is 0 Å². The van der Waals surface area contributed by atoms with Gasteiger partial charge < -0.3 is 14.8 Å². The minimum absolute atomic E-state index is 0.167. The Morgan fingerprint density at radius 2 is 1.77 bits per heavy atom. The first-order chi connectivity index (χ1) is 15.1. The zero-order valence-electron chi connectivity index (χ0n) is 16.8. The van der Waals surface area contributed by atoms with Crippen molar-refractivity contribution < 1.29 is 14.3 Å². The number of anilines is 1. The van der Waals surface area contributed by atoms with Crippen LogP contribution in [0, 0.1) is 0 Å². The molecule has 8 heteroatoms. The summed E-state index contributed by atoms with van der Waals surface area (Å²) in [6.45, 7) is 0. The average molecular weight is 450 g/mol. The molecule has 3 aromatic carbocycles. The maximum Gasteiger partial charge on any atom is 0.257 e. The van der Waals surface area contributed by atoms with E-state index in [1.807, 2.05) is 42.5 Å². The van der Waals surface area contributed by atoms with Crippen molar-refractivity contribution in [2.75, 3.05) is 19.5 Å². The van der Waals surface area contributed by atoms with Gasteiger partial charge in [0.05, 0.1) is 30.1 Å². The van der Waals surface area contributed by atoms with Gasteiger partial charge in [-0.3, -0.25) is 10.1 Å². The standard InChI is InChI=1S/C23H19N3O3S2/c1-28-16-10-7-14(8-11-16)21(27)26-23(30)25-18-13-15(9-12-19(18)29-2)22-24-17-5-3-4-6-20(17)31-22/h3-13H,1-2H3,(H2,25,26,27,30). The van der Waals surface area contributed by atoms with Crippen LogP contribution in [0.2, 0.25) is 0 Å². The lowest BCUT2D eigenvalue weighted by Crippen LogP contribution is -2.34. The Labute approximate surface area is 188 Å². The summed E-state index contributed by atoms with van der Waals surface area (Å²) in [6.07, 6.45) is 0. The lowest BCUT2D eigenvalue weighted by atomic mass is 10.2. The molecule has 4 aromatic rings. The molecule has 4 rings (SSSR count). The lowest BCUT2D eigenvalue weighted by molar-refractivity contribution is 0.0977. The molecule has 0 bridgehead atoms. The summed E-state index contributed by atoms with van der Waals surface area (Å²) in [5, 5.41) is 6.80. The molecule has 0 unspecified atom stereocenters. The second kappa shape index (κ2) is 9.11. The Hall–Kier alpha value is -3.49. The number of ether oxygens (including phenoxy) is 2. The Morgan fingerprint density at radius 1 is 1.00 bits per heavy atom. The number of para-hydroxylation sites is 1. The van der Waals surface area contributed by atoms with Gasteiger partial charge in [0.15, 0.2) is 5.11 Å². The Morgan fingerprint density at radius 3 is 2.48 bits per heavy atom. The summed E-state index contributed by atoms with van der Waals surface area (Å²) in [6, 6.07) is 20.5. The van der Waals surface area contributed by atoms with Crippen LogP contribution in [0.15, 0.2) is 66.7 Å². The first-order valence-corrected chi connectivity index (χ1v) is 10.6. The number of thiocarbonyl (C=S) groups is 1. The van der Waals surface area contributed by atoms with Crippen molar-refractivity contribution in [3.63, 3.8) is 0 Å². The summed E-state index contributed by atoms with van der Waals surface area (Å²) in [5.41, 5.74) is 2.99. The molecule has 31 heavy (non-hydrogen) atoms. The van der Waals surface area contributed by atoms with E-state index in [9.17, 15) is 4.79 Å².